The van der Waals surface area contributed by atoms with E-state index in [0.717, 1.165) is 38.9 Å². The van der Waals surface area contributed by atoms with Crippen molar-refractivity contribution in [3.8, 4) is 5.69 Å². The first-order valence-electron chi connectivity index (χ1n) is 8.78. The Labute approximate surface area is 137 Å². The van der Waals surface area contributed by atoms with Crippen LogP contribution in [-0.4, -0.2) is 39.0 Å². The normalized spacial score (nSPS) is 22.4. The van der Waals surface area contributed by atoms with Crippen molar-refractivity contribution in [1.82, 2.24) is 14.7 Å². The van der Waals surface area contributed by atoms with Gasteiger partial charge in [-0.1, -0.05) is 18.2 Å². The molecule has 2 heterocycles. The molecule has 1 aromatic heterocycles. The second kappa shape index (κ2) is 6.10. The van der Waals surface area contributed by atoms with Crippen molar-refractivity contribution in [1.29, 1.82) is 0 Å². The minimum absolute atomic E-state index is 0.201. The number of aliphatic hydroxyl groups is 1. The van der Waals surface area contributed by atoms with Gasteiger partial charge in [0.2, 0.25) is 0 Å². The van der Waals surface area contributed by atoms with Crippen molar-refractivity contribution in [2.45, 2.75) is 45.3 Å². The topological polar surface area (TPSA) is 41.3 Å². The average molecular weight is 311 g/mol. The molecular weight excluding hydrogens is 286 g/mol. The molecule has 1 fully saturated rings. The molecule has 4 rings (SSSR count). The predicted octanol–water partition coefficient (Wildman–Crippen LogP) is 2.56. The van der Waals surface area contributed by atoms with Crippen LogP contribution in [0.2, 0.25) is 0 Å². The highest BCUT2D eigenvalue weighted by Gasteiger charge is 2.29. The van der Waals surface area contributed by atoms with Gasteiger partial charge in [0.05, 0.1) is 17.5 Å². The quantitative estimate of drug-likeness (QED) is 0.943. The third-order valence-corrected chi connectivity index (χ3v) is 5.38. The molecular formula is C19H25N3O. The van der Waals surface area contributed by atoms with E-state index in [4.69, 9.17) is 5.10 Å². The molecule has 0 saturated carbocycles. The maximum absolute atomic E-state index is 9.80. The summed E-state index contributed by atoms with van der Waals surface area (Å²) in [5.41, 5.74) is 5.28. The second-order valence-electron chi connectivity index (χ2n) is 7.00. The van der Waals surface area contributed by atoms with Gasteiger partial charge in [-0.3, -0.25) is 4.90 Å². The van der Waals surface area contributed by atoms with Crippen LogP contribution in [0.3, 0.4) is 0 Å². The van der Waals surface area contributed by atoms with Crippen LogP contribution in [0.4, 0.5) is 0 Å². The van der Waals surface area contributed by atoms with E-state index in [1.165, 1.54) is 29.1 Å². The number of aromatic nitrogens is 2. The first-order chi connectivity index (χ1) is 11.2. The number of hydrogen-bond donors (Lipinski definition) is 1. The first-order valence-corrected chi connectivity index (χ1v) is 8.78. The molecule has 1 aliphatic heterocycles. The smallest absolute Gasteiger partial charge is 0.0804 e. The standard InChI is InChI=1S/C19H25N3O/c1-14(23)15-10-11-21(12-15)13-18-17-8-5-9-19(17)22(20-18)16-6-3-2-4-7-16/h2-4,6-7,14-15,23H,5,8-13H2,1H3. The zero-order chi connectivity index (χ0) is 15.8. The van der Waals surface area contributed by atoms with E-state index < -0.39 is 0 Å². The lowest BCUT2D eigenvalue weighted by molar-refractivity contribution is 0.127. The Hall–Kier alpha value is -1.65. The highest BCUT2D eigenvalue weighted by Crippen LogP contribution is 2.30. The minimum Gasteiger partial charge on any atom is -0.393 e. The predicted molar refractivity (Wildman–Crippen MR) is 90.7 cm³/mol. The lowest BCUT2D eigenvalue weighted by Gasteiger charge is -2.16. The highest BCUT2D eigenvalue weighted by molar-refractivity contribution is 5.39. The number of likely N-dealkylation sites (tertiary alicyclic amines) is 1. The Morgan fingerprint density at radius 3 is 2.83 bits per heavy atom. The zero-order valence-corrected chi connectivity index (χ0v) is 13.8. The lowest BCUT2D eigenvalue weighted by atomic mass is 10.0. The number of fused-ring (bicyclic) bond motifs is 1. The highest BCUT2D eigenvalue weighted by atomic mass is 16.3. The van der Waals surface area contributed by atoms with Gasteiger partial charge >= 0.3 is 0 Å². The maximum Gasteiger partial charge on any atom is 0.0804 e. The average Bonchev–Trinajstić information content (AvgIpc) is 3.26. The second-order valence-corrected chi connectivity index (χ2v) is 7.00. The van der Waals surface area contributed by atoms with E-state index in [1.54, 1.807) is 0 Å². The van der Waals surface area contributed by atoms with Crippen molar-refractivity contribution in [2.75, 3.05) is 13.1 Å². The van der Waals surface area contributed by atoms with Gasteiger partial charge in [-0.05, 0) is 62.8 Å². The Morgan fingerprint density at radius 1 is 1.26 bits per heavy atom. The van der Waals surface area contributed by atoms with Crippen molar-refractivity contribution >= 4 is 0 Å². The molecule has 4 heteroatoms. The van der Waals surface area contributed by atoms with Crippen LogP contribution in [0.1, 0.15) is 36.7 Å². The summed E-state index contributed by atoms with van der Waals surface area (Å²) < 4.78 is 2.15. The molecule has 1 aliphatic carbocycles. The maximum atomic E-state index is 9.80. The molecule has 2 aliphatic rings. The Kier molecular flexibility index (Phi) is 3.95. The summed E-state index contributed by atoms with van der Waals surface area (Å²) in [6, 6.07) is 10.5. The van der Waals surface area contributed by atoms with Gasteiger partial charge in [-0.15, -0.1) is 0 Å². The van der Waals surface area contributed by atoms with E-state index in [-0.39, 0.29) is 6.10 Å². The molecule has 122 valence electrons. The number of rotatable bonds is 4. The molecule has 0 bridgehead atoms. The summed E-state index contributed by atoms with van der Waals surface area (Å²) in [5, 5.41) is 14.7. The fourth-order valence-corrected chi connectivity index (χ4v) is 4.04. The Bertz CT molecular complexity index is 677. The van der Waals surface area contributed by atoms with Crippen LogP contribution >= 0.6 is 0 Å². The third kappa shape index (κ3) is 2.81. The summed E-state index contributed by atoms with van der Waals surface area (Å²) in [6.07, 6.45) is 4.42. The van der Waals surface area contributed by atoms with Crippen molar-refractivity contribution < 1.29 is 5.11 Å². The van der Waals surface area contributed by atoms with Gasteiger partial charge in [0, 0.05) is 18.8 Å². The fourth-order valence-electron chi connectivity index (χ4n) is 4.04. The van der Waals surface area contributed by atoms with Crippen LogP contribution < -0.4 is 0 Å². The van der Waals surface area contributed by atoms with Gasteiger partial charge in [-0.2, -0.15) is 5.10 Å². The van der Waals surface area contributed by atoms with E-state index in [0.29, 0.717) is 5.92 Å². The molecule has 4 nitrogen and oxygen atoms in total. The number of benzene rings is 1. The molecule has 2 aromatic rings. The van der Waals surface area contributed by atoms with Gasteiger partial charge in [0.1, 0.15) is 0 Å². The van der Waals surface area contributed by atoms with Crippen LogP contribution in [0.5, 0.6) is 0 Å². The summed E-state index contributed by atoms with van der Waals surface area (Å²) in [7, 11) is 0. The SMILES string of the molecule is CC(O)C1CCN(Cc2nn(-c3ccccc3)c3c2CCC3)C1. The monoisotopic (exact) mass is 311 g/mol. The van der Waals surface area contributed by atoms with Crippen molar-refractivity contribution in [3.63, 3.8) is 0 Å². The molecule has 2 unspecified atom stereocenters. The van der Waals surface area contributed by atoms with Crippen LogP contribution in [-0.2, 0) is 19.4 Å². The fraction of sp³-hybridized carbons (Fsp3) is 0.526. The molecule has 0 amide bonds. The molecule has 23 heavy (non-hydrogen) atoms. The molecule has 1 N–H and O–H groups in total. The number of para-hydroxylation sites is 1. The van der Waals surface area contributed by atoms with E-state index in [9.17, 15) is 5.11 Å². The molecule has 1 saturated heterocycles. The van der Waals surface area contributed by atoms with Gasteiger partial charge in [0.15, 0.2) is 0 Å². The van der Waals surface area contributed by atoms with Gasteiger partial charge < -0.3 is 5.11 Å². The van der Waals surface area contributed by atoms with Crippen molar-refractivity contribution in [3.05, 3.63) is 47.3 Å². The number of hydrogen-bond acceptors (Lipinski definition) is 3. The summed E-state index contributed by atoms with van der Waals surface area (Å²) in [6.45, 7) is 4.90. The van der Waals surface area contributed by atoms with Crippen LogP contribution in [0.25, 0.3) is 5.69 Å². The Balaban J connectivity index is 1.58. The van der Waals surface area contributed by atoms with E-state index in [2.05, 4.69) is 39.9 Å². The number of nitrogens with zero attached hydrogens (tertiary/aromatic N) is 3. The van der Waals surface area contributed by atoms with Crippen LogP contribution in [0.15, 0.2) is 30.3 Å². The molecule has 2 atom stereocenters. The zero-order valence-electron chi connectivity index (χ0n) is 13.8. The van der Waals surface area contributed by atoms with E-state index in [1.807, 2.05) is 6.92 Å². The molecule has 0 spiro atoms. The van der Waals surface area contributed by atoms with Crippen LogP contribution in [0, 0.1) is 5.92 Å². The molecule has 1 aromatic carbocycles. The first kappa shape index (κ1) is 14.9. The summed E-state index contributed by atoms with van der Waals surface area (Å²) >= 11 is 0. The number of aliphatic hydroxyl groups excluding tert-OH is 1. The van der Waals surface area contributed by atoms with Gasteiger partial charge in [-0.25, -0.2) is 4.68 Å². The third-order valence-electron chi connectivity index (χ3n) is 5.38. The largest absolute Gasteiger partial charge is 0.393 e. The van der Waals surface area contributed by atoms with Crippen molar-refractivity contribution in [2.24, 2.45) is 5.92 Å². The minimum atomic E-state index is -0.201. The summed E-state index contributed by atoms with van der Waals surface area (Å²) in [5.74, 6) is 0.416. The van der Waals surface area contributed by atoms with Gasteiger partial charge in [0.25, 0.3) is 0 Å². The Morgan fingerprint density at radius 2 is 2.09 bits per heavy atom. The lowest BCUT2D eigenvalue weighted by Crippen LogP contribution is -2.24. The molecule has 0 radical (unpaired) electrons. The van der Waals surface area contributed by atoms with E-state index >= 15 is 0 Å². The summed E-state index contributed by atoms with van der Waals surface area (Å²) in [4.78, 5) is 2.45.